The van der Waals surface area contributed by atoms with Crippen molar-refractivity contribution in [2.75, 3.05) is 5.32 Å². The number of alkyl halides is 1. The van der Waals surface area contributed by atoms with Gasteiger partial charge in [-0.25, -0.2) is 18.0 Å². The zero-order chi connectivity index (χ0) is 22.0. The summed E-state index contributed by atoms with van der Waals surface area (Å²) >= 11 is 10.2. The van der Waals surface area contributed by atoms with E-state index in [0.29, 0.717) is 16.5 Å². The monoisotopic (exact) mass is 517 g/mol. The summed E-state index contributed by atoms with van der Waals surface area (Å²) in [6.45, 7) is 0. The van der Waals surface area contributed by atoms with Crippen LogP contribution in [0.15, 0.2) is 46.3 Å². The molecular weight excluding hydrogens is 507 g/mol. The number of benzene rings is 2. The van der Waals surface area contributed by atoms with Crippen molar-refractivity contribution in [3.05, 3.63) is 74.0 Å². The number of carboxylic acids is 1. The Labute approximate surface area is 186 Å². The van der Waals surface area contributed by atoms with Gasteiger partial charge in [0.2, 0.25) is 0 Å². The number of carbonyl (C=O) groups is 2. The average Bonchev–Trinajstić information content (AvgIpc) is 3.10. The number of aromatic carboxylic acids is 1. The molecule has 3 rings (SSSR count). The molecule has 1 atom stereocenters. The normalized spacial score (nSPS) is 11.9. The fourth-order valence-corrected chi connectivity index (χ4v) is 4.18. The van der Waals surface area contributed by atoms with E-state index in [1.54, 1.807) is 24.3 Å². The van der Waals surface area contributed by atoms with Gasteiger partial charge in [0.1, 0.15) is 5.56 Å². The van der Waals surface area contributed by atoms with Gasteiger partial charge >= 0.3 is 5.97 Å². The third-order valence-corrected chi connectivity index (χ3v) is 6.05. The Balaban J connectivity index is 1.82. The predicted octanol–water partition coefficient (Wildman–Crippen LogP) is 6.33. The first-order valence-electron chi connectivity index (χ1n) is 8.36. The van der Waals surface area contributed by atoms with Gasteiger partial charge in [-0.3, -0.25) is 4.79 Å². The van der Waals surface area contributed by atoms with E-state index in [2.05, 4.69) is 21.2 Å². The molecule has 0 radical (unpaired) electrons. The van der Waals surface area contributed by atoms with Gasteiger partial charge in [0.05, 0.1) is 10.6 Å². The number of hydrogen-bond donors (Lipinski definition) is 2. The molecule has 0 saturated heterocycles. The Kier molecular flexibility index (Phi) is 6.84. The van der Waals surface area contributed by atoms with Crippen LogP contribution in [0, 0.1) is 11.6 Å². The fraction of sp³-hybridized carbons (Fsp3) is 0.100. The van der Waals surface area contributed by atoms with E-state index in [0.717, 1.165) is 21.9 Å². The van der Waals surface area contributed by atoms with Crippen LogP contribution in [0.2, 0.25) is 5.02 Å². The van der Waals surface area contributed by atoms with E-state index >= 15 is 0 Å². The summed E-state index contributed by atoms with van der Waals surface area (Å²) in [5, 5.41) is 13.0. The van der Waals surface area contributed by atoms with Crippen LogP contribution in [0.4, 0.5) is 18.9 Å². The summed E-state index contributed by atoms with van der Waals surface area (Å²) < 4.78 is 41.8. The number of thiophene rings is 1. The maximum Gasteiger partial charge on any atom is 0.339 e. The topological polar surface area (TPSA) is 66.4 Å². The molecule has 1 heterocycles. The molecule has 3 aromatic rings. The molecule has 0 aliphatic heterocycles. The van der Waals surface area contributed by atoms with Crippen molar-refractivity contribution in [3.63, 3.8) is 0 Å². The van der Waals surface area contributed by atoms with E-state index in [1.165, 1.54) is 5.38 Å². The van der Waals surface area contributed by atoms with Gasteiger partial charge in [-0.15, -0.1) is 11.3 Å². The standard InChI is InChI=1S/C20H12BrClF3NO3S/c21-11-3-1-9(2-4-11)18-17(20(28)29)16(8-30-18)26-19(27)15(25)6-10-5-13(23)14(24)7-12(10)22/h1-5,7-8,15H,6H2,(H,26,27)(H,28,29). The second-order valence-electron chi connectivity index (χ2n) is 6.18. The molecule has 0 fully saturated rings. The number of rotatable bonds is 6. The number of amides is 1. The number of anilines is 1. The summed E-state index contributed by atoms with van der Waals surface area (Å²) in [4.78, 5) is 24.4. The molecule has 2 N–H and O–H groups in total. The van der Waals surface area contributed by atoms with Crippen LogP contribution in [-0.2, 0) is 11.2 Å². The van der Waals surface area contributed by atoms with E-state index < -0.39 is 36.1 Å². The lowest BCUT2D eigenvalue weighted by molar-refractivity contribution is -0.120. The van der Waals surface area contributed by atoms with Crippen molar-refractivity contribution >= 4 is 56.4 Å². The molecular formula is C20H12BrClF3NO3S. The van der Waals surface area contributed by atoms with Gasteiger partial charge in [0.25, 0.3) is 5.91 Å². The predicted molar refractivity (Wildman–Crippen MR) is 113 cm³/mol. The number of carbonyl (C=O) groups excluding carboxylic acids is 1. The summed E-state index contributed by atoms with van der Waals surface area (Å²) in [7, 11) is 0. The molecule has 10 heteroatoms. The molecule has 156 valence electrons. The summed E-state index contributed by atoms with van der Waals surface area (Å²) in [5.74, 6) is -4.82. The fourth-order valence-electron chi connectivity index (χ4n) is 2.69. The number of hydrogen-bond acceptors (Lipinski definition) is 3. The lowest BCUT2D eigenvalue weighted by Gasteiger charge is -2.11. The Bertz CT molecular complexity index is 1120. The quantitative estimate of drug-likeness (QED) is 0.375. The molecule has 0 saturated carbocycles. The number of nitrogens with one attached hydrogen (secondary N) is 1. The van der Waals surface area contributed by atoms with Crippen molar-refractivity contribution in [1.82, 2.24) is 0 Å². The van der Waals surface area contributed by atoms with Crippen molar-refractivity contribution in [1.29, 1.82) is 0 Å². The van der Waals surface area contributed by atoms with Crippen molar-refractivity contribution in [2.24, 2.45) is 0 Å². The zero-order valence-electron chi connectivity index (χ0n) is 14.9. The van der Waals surface area contributed by atoms with Crippen molar-refractivity contribution in [3.8, 4) is 10.4 Å². The van der Waals surface area contributed by atoms with Gasteiger partial charge < -0.3 is 10.4 Å². The minimum atomic E-state index is -2.16. The summed E-state index contributed by atoms with van der Waals surface area (Å²) in [6, 6.07) is 8.30. The minimum Gasteiger partial charge on any atom is -0.478 e. The highest BCUT2D eigenvalue weighted by molar-refractivity contribution is 9.10. The first-order valence-corrected chi connectivity index (χ1v) is 10.4. The third-order valence-electron chi connectivity index (χ3n) is 4.14. The van der Waals surface area contributed by atoms with E-state index in [4.69, 9.17) is 11.6 Å². The molecule has 0 spiro atoms. The second-order valence-corrected chi connectivity index (χ2v) is 8.39. The molecule has 0 aliphatic rings. The highest BCUT2D eigenvalue weighted by Gasteiger charge is 2.25. The summed E-state index contributed by atoms with van der Waals surface area (Å²) in [5.41, 5.74) is 0.298. The molecule has 0 bridgehead atoms. The van der Waals surface area contributed by atoms with Gasteiger partial charge in [0, 0.05) is 21.3 Å². The van der Waals surface area contributed by atoms with Crippen LogP contribution >= 0.6 is 38.9 Å². The molecule has 1 amide bonds. The van der Waals surface area contributed by atoms with Gasteiger partial charge in [-0.2, -0.15) is 0 Å². The molecule has 4 nitrogen and oxygen atoms in total. The zero-order valence-corrected chi connectivity index (χ0v) is 18.0. The Morgan fingerprint density at radius 3 is 2.43 bits per heavy atom. The highest BCUT2D eigenvalue weighted by atomic mass is 79.9. The largest absolute Gasteiger partial charge is 0.478 e. The Morgan fingerprint density at radius 2 is 1.80 bits per heavy atom. The van der Waals surface area contributed by atoms with E-state index in [1.807, 2.05) is 0 Å². The van der Waals surface area contributed by atoms with Crippen LogP contribution < -0.4 is 5.32 Å². The number of halogens is 5. The lowest BCUT2D eigenvalue weighted by Crippen LogP contribution is -2.26. The van der Waals surface area contributed by atoms with Crippen molar-refractivity contribution in [2.45, 2.75) is 12.6 Å². The maximum absolute atomic E-state index is 14.5. The average molecular weight is 519 g/mol. The first kappa shape index (κ1) is 22.3. The smallest absolute Gasteiger partial charge is 0.339 e. The third kappa shape index (κ3) is 4.85. The Morgan fingerprint density at radius 1 is 1.17 bits per heavy atom. The molecule has 1 unspecified atom stereocenters. The van der Waals surface area contributed by atoms with Gasteiger partial charge in [-0.05, 0) is 35.4 Å². The van der Waals surface area contributed by atoms with Crippen LogP contribution in [0.5, 0.6) is 0 Å². The van der Waals surface area contributed by atoms with Crippen LogP contribution in [0.25, 0.3) is 10.4 Å². The van der Waals surface area contributed by atoms with Crippen LogP contribution in [0.3, 0.4) is 0 Å². The van der Waals surface area contributed by atoms with Crippen LogP contribution in [0.1, 0.15) is 15.9 Å². The second kappa shape index (κ2) is 9.20. The van der Waals surface area contributed by atoms with Gasteiger partial charge in [0.15, 0.2) is 17.8 Å². The number of carboxylic acid groups (broad SMARTS) is 1. The molecule has 1 aromatic heterocycles. The van der Waals surface area contributed by atoms with Crippen molar-refractivity contribution < 1.29 is 27.9 Å². The lowest BCUT2D eigenvalue weighted by atomic mass is 10.1. The van der Waals surface area contributed by atoms with Gasteiger partial charge in [-0.1, -0.05) is 39.7 Å². The maximum atomic E-state index is 14.5. The van der Waals surface area contributed by atoms with Crippen LogP contribution in [-0.4, -0.2) is 23.2 Å². The summed E-state index contributed by atoms with van der Waals surface area (Å²) in [6.07, 6.45) is -2.77. The minimum absolute atomic E-state index is 0.0607. The molecule has 30 heavy (non-hydrogen) atoms. The highest BCUT2D eigenvalue weighted by Crippen LogP contribution is 2.36. The molecule has 0 aliphatic carbocycles. The molecule has 2 aromatic carbocycles. The first-order chi connectivity index (χ1) is 14.2. The SMILES string of the molecule is O=C(O)c1c(NC(=O)C(F)Cc2cc(F)c(F)cc2Cl)csc1-c1ccc(Br)cc1. The van der Waals surface area contributed by atoms with E-state index in [9.17, 15) is 27.9 Å². The van der Waals surface area contributed by atoms with E-state index in [-0.39, 0.29) is 21.8 Å². The Hall–Kier alpha value is -2.36.